The SMILES string of the molecule is CN/C=C(\C=N)c1cnc2[nH]cc(C(=O)c3cccc(NS(=O)(=O)c4ccc(F)cc4)c3)c2c1. The van der Waals surface area contributed by atoms with Crippen molar-refractivity contribution in [2.75, 3.05) is 11.8 Å². The van der Waals surface area contributed by atoms with Gasteiger partial charge in [-0.3, -0.25) is 9.52 Å². The number of pyridine rings is 1. The predicted molar refractivity (Wildman–Crippen MR) is 129 cm³/mol. The second kappa shape index (κ2) is 9.28. The molecule has 0 spiro atoms. The van der Waals surface area contributed by atoms with Crippen molar-refractivity contribution in [2.45, 2.75) is 4.90 Å². The number of ketones is 1. The molecule has 2 heterocycles. The third-order valence-electron chi connectivity index (χ3n) is 5.07. The number of benzene rings is 2. The molecule has 10 heteroatoms. The Morgan fingerprint density at radius 1 is 1.12 bits per heavy atom. The lowest BCUT2D eigenvalue weighted by atomic mass is 10.0. The van der Waals surface area contributed by atoms with Gasteiger partial charge in [0.15, 0.2) is 5.78 Å². The molecular weight excluding hydrogens is 457 g/mol. The third-order valence-corrected chi connectivity index (χ3v) is 6.46. The molecule has 2 aromatic carbocycles. The monoisotopic (exact) mass is 477 g/mol. The molecule has 2 aromatic heterocycles. The van der Waals surface area contributed by atoms with Crippen LogP contribution in [-0.2, 0) is 10.0 Å². The van der Waals surface area contributed by atoms with Gasteiger partial charge in [-0.2, -0.15) is 0 Å². The van der Waals surface area contributed by atoms with Gasteiger partial charge in [0.25, 0.3) is 10.0 Å². The minimum absolute atomic E-state index is 0.0995. The van der Waals surface area contributed by atoms with E-state index in [1.165, 1.54) is 18.3 Å². The van der Waals surface area contributed by atoms with Crippen LogP contribution in [0.1, 0.15) is 21.5 Å². The van der Waals surface area contributed by atoms with Crippen molar-refractivity contribution >= 4 is 44.3 Å². The second-order valence-corrected chi connectivity index (χ2v) is 9.01. The fourth-order valence-electron chi connectivity index (χ4n) is 3.42. The number of halogens is 1. The van der Waals surface area contributed by atoms with Crippen LogP contribution in [0.3, 0.4) is 0 Å². The first kappa shape index (κ1) is 22.9. The fourth-order valence-corrected chi connectivity index (χ4v) is 4.47. The summed E-state index contributed by atoms with van der Waals surface area (Å²) in [5.74, 6) is -0.876. The summed E-state index contributed by atoms with van der Waals surface area (Å²) >= 11 is 0. The highest BCUT2D eigenvalue weighted by Crippen LogP contribution is 2.25. The molecule has 0 aliphatic heterocycles. The zero-order chi connectivity index (χ0) is 24.3. The molecule has 4 N–H and O–H groups in total. The first-order valence-corrected chi connectivity index (χ1v) is 11.6. The highest BCUT2D eigenvalue weighted by molar-refractivity contribution is 7.92. The first-order chi connectivity index (χ1) is 16.3. The molecule has 0 radical (unpaired) electrons. The lowest BCUT2D eigenvalue weighted by molar-refractivity contribution is 0.104. The Bertz CT molecular complexity index is 1530. The maximum Gasteiger partial charge on any atom is 0.261 e. The lowest BCUT2D eigenvalue weighted by Crippen LogP contribution is -2.13. The van der Waals surface area contributed by atoms with Gasteiger partial charge in [0.05, 0.1) is 4.90 Å². The quantitative estimate of drug-likeness (QED) is 0.226. The van der Waals surface area contributed by atoms with Gasteiger partial charge in [-0.05, 0) is 42.5 Å². The second-order valence-electron chi connectivity index (χ2n) is 7.32. The van der Waals surface area contributed by atoms with Crippen molar-refractivity contribution in [1.82, 2.24) is 15.3 Å². The average Bonchev–Trinajstić information content (AvgIpc) is 3.25. The number of aromatic nitrogens is 2. The van der Waals surface area contributed by atoms with E-state index >= 15 is 0 Å². The normalized spacial score (nSPS) is 11.9. The van der Waals surface area contributed by atoms with E-state index in [9.17, 15) is 17.6 Å². The Balaban J connectivity index is 1.66. The van der Waals surface area contributed by atoms with Gasteiger partial charge in [0.1, 0.15) is 11.5 Å². The minimum atomic E-state index is -3.96. The van der Waals surface area contributed by atoms with Crippen LogP contribution in [0.5, 0.6) is 0 Å². The van der Waals surface area contributed by atoms with E-state index in [2.05, 4.69) is 20.0 Å². The molecule has 8 nitrogen and oxygen atoms in total. The number of H-pyrrole nitrogens is 1. The number of carbonyl (C=O) groups excluding carboxylic acids is 1. The number of hydrogen-bond donors (Lipinski definition) is 4. The van der Waals surface area contributed by atoms with E-state index in [1.54, 1.807) is 43.8 Å². The van der Waals surface area contributed by atoms with Crippen LogP contribution in [0.25, 0.3) is 16.6 Å². The van der Waals surface area contributed by atoms with E-state index in [4.69, 9.17) is 5.41 Å². The molecule has 4 aromatic rings. The summed E-state index contributed by atoms with van der Waals surface area (Å²) in [6.45, 7) is 0. The van der Waals surface area contributed by atoms with Crippen LogP contribution in [0.15, 0.2) is 78.1 Å². The largest absolute Gasteiger partial charge is 0.393 e. The molecule has 0 unspecified atom stereocenters. The van der Waals surface area contributed by atoms with E-state index in [1.807, 2.05) is 0 Å². The standard InChI is InChI=1S/C24H20FN5O3S/c1-27-12-17(11-26)16-10-21-22(14-29-24(21)28-13-16)23(31)15-3-2-4-19(9-15)30-34(32,33)20-7-5-18(25)6-8-20/h2-14,26-27,30H,1H3,(H,28,29)/b17-12+,26-11?. The molecule has 0 amide bonds. The number of fused-ring (bicyclic) bond motifs is 1. The number of anilines is 1. The third kappa shape index (κ3) is 4.57. The van der Waals surface area contributed by atoms with Crippen molar-refractivity contribution in [1.29, 1.82) is 5.41 Å². The molecule has 0 saturated heterocycles. The Hall–Kier alpha value is -4.31. The molecule has 172 valence electrons. The molecule has 0 bridgehead atoms. The Kier molecular flexibility index (Phi) is 6.24. The van der Waals surface area contributed by atoms with Crippen LogP contribution >= 0.6 is 0 Å². The van der Waals surface area contributed by atoms with Crippen LogP contribution in [0, 0.1) is 11.2 Å². The molecule has 0 aliphatic carbocycles. The Labute approximate surface area is 195 Å². The van der Waals surface area contributed by atoms with Gasteiger partial charge in [-0.25, -0.2) is 17.8 Å². The molecular formula is C24H20FN5O3S. The average molecular weight is 478 g/mol. The summed E-state index contributed by atoms with van der Waals surface area (Å²) in [5.41, 5.74) is 2.58. The number of aromatic amines is 1. The topological polar surface area (TPSA) is 128 Å². The summed E-state index contributed by atoms with van der Waals surface area (Å²) in [5, 5.41) is 11.0. The summed E-state index contributed by atoms with van der Waals surface area (Å²) < 4.78 is 40.8. The summed E-state index contributed by atoms with van der Waals surface area (Å²) in [6.07, 6.45) is 5.99. The van der Waals surface area contributed by atoms with Crippen molar-refractivity contribution < 1.29 is 17.6 Å². The van der Waals surface area contributed by atoms with Gasteiger partial charge in [0, 0.05) is 65.2 Å². The van der Waals surface area contributed by atoms with Crippen molar-refractivity contribution in [2.24, 2.45) is 0 Å². The maximum absolute atomic E-state index is 13.3. The Morgan fingerprint density at radius 3 is 2.59 bits per heavy atom. The summed E-state index contributed by atoms with van der Waals surface area (Å²) in [7, 11) is -2.24. The lowest BCUT2D eigenvalue weighted by Gasteiger charge is -2.09. The van der Waals surface area contributed by atoms with E-state index < -0.39 is 15.8 Å². The number of carbonyl (C=O) groups is 1. The number of rotatable bonds is 8. The van der Waals surface area contributed by atoms with Gasteiger partial charge in [-0.1, -0.05) is 12.1 Å². The highest BCUT2D eigenvalue weighted by atomic mass is 32.2. The maximum atomic E-state index is 13.3. The molecule has 4 rings (SSSR count). The molecule has 0 atom stereocenters. The number of nitrogens with zero attached hydrogens (tertiary/aromatic N) is 1. The zero-order valence-corrected chi connectivity index (χ0v) is 18.8. The van der Waals surface area contributed by atoms with Crippen LogP contribution in [-0.4, -0.2) is 37.4 Å². The van der Waals surface area contributed by atoms with Crippen molar-refractivity contribution in [3.8, 4) is 0 Å². The fraction of sp³-hybridized carbons (Fsp3) is 0.0417. The molecule has 0 aliphatic rings. The van der Waals surface area contributed by atoms with E-state index in [0.717, 1.165) is 24.3 Å². The number of hydrogen-bond acceptors (Lipinski definition) is 6. The smallest absolute Gasteiger partial charge is 0.261 e. The molecule has 34 heavy (non-hydrogen) atoms. The Morgan fingerprint density at radius 2 is 1.88 bits per heavy atom. The van der Waals surface area contributed by atoms with Crippen LogP contribution < -0.4 is 10.0 Å². The van der Waals surface area contributed by atoms with Gasteiger partial charge in [-0.15, -0.1) is 0 Å². The van der Waals surface area contributed by atoms with Crippen molar-refractivity contribution in [3.05, 3.63) is 95.7 Å². The molecule has 0 fully saturated rings. The number of nitrogens with one attached hydrogen (secondary N) is 4. The van der Waals surface area contributed by atoms with Gasteiger partial charge in [0.2, 0.25) is 0 Å². The first-order valence-electron chi connectivity index (χ1n) is 10.1. The predicted octanol–water partition coefficient (Wildman–Crippen LogP) is 3.94. The van der Waals surface area contributed by atoms with Gasteiger partial charge >= 0.3 is 0 Å². The highest BCUT2D eigenvalue weighted by Gasteiger charge is 2.18. The number of sulfonamides is 1. The van der Waals surface area contributed by atoms with Crippen LogP contribution in [0.2, 0.25) is 0 Å². The van der Waals surface area contributed by atoms with E-state index in [-0.39, 0.29) is 21.9 Å². The molecule has 0 saturated carbocycles. The number of allylic oxidation sites excluding steroid dienone is 1. The van der Waals surface area contributed by atoms with Gasteiger partial charge < -0.3 is 15.7 Å². The summed E-state index contributed by atoms with van der Waals surface area (Å²) in [6, 6.07) is 12.3. The van der Waals surface area contributed by atoms with Crippen LogP contribution in [0.4, 0.5) is 10.1 Å². The minimum Gasteiger partial charge on any atom is -0.393 e. The summed E-state index contributed by atoms with van der Waals surface area (Å²) in [4.78, 5) is 20.5. The van der Waals surface area contributed by atoms with Crippen molar-refractivity contribution in [3.63, 3.8) is 0 Å². The zero-order valence-electron chi connectivity index (χ0n) is 18.0. The van der Waals surface area contributed by atoms with E-state index in [0.29, 0.717) is 27.7 Å².